The van der Waals surface area contributed by atoms with E-state index in [0.717, 1.165) is 38.4 Å². The van der Waals surface area contributed by atoms with E-state index in [2.05, 4.69) is 55.6 Å². The fraction of sp³-hybridized carbons (Fsp3) is 0.750. The molecule has 0 saturated heterocycles. The summed E-state index contributed by atoms with van der Waals surface area (Å²) < 4.78 is 0. The zero-order valence-corrected chi connectivity index (χ0v) is 17.7. The highest BCUT2D eigenvalue weighted by Gasteiger charge is 2.17. The number of aliphatic imine (C=N–C) groups is 1. The molecule has 4 nitrogen and oxygen atoms in total. The zero-order chi connectivity index (χ0) is 15.7. The van der Waals surface area contributed by atoms with Crippen LogP contribution >= 0.6 is 35.3 Å². The fourth-order valence-electron chi connectivity index (χ4n) is 1.75. The minimum Gasteiger partial charge on any atom is -0.357 e. The first-order valence-corrected chi connectivity index (χ1v) is 8.82. The van der Waals surface area contributed by atoms with E-state index in [1.165, 1.54) is 17.1 Å². The summed E-state index contributed by atoms with van der Waals surface area (Å²) in [6, 6.07) is 0. The quantitative estimate of drug-likeness (QED) is 0.293. The van der Waals surface area contributed by atoms with E-state index in [1.54, 1.807) is 11.3 Å². The lowest BCUT2D eigenvalue weighted by Gasteiger charge is -2.14. The molecule has 1 aromatic heterocycles. The van der Waals surface area contributed by atoms with Gasteiger partial charge in [0.15, 0.2) is 5.96 Å². The molecular weight excluding hydrogens is 407 g/mol. The molecule has 0 fully saturated rings. The van der Waals surface area contributed by atoms with Gasteiger partial charge in [0.05, 0.1) is 10.7 Å². The van der Waals surface area contributed by atoms with E-state index in [4.69, 9.17) is 4.98 Å². The normalized spacial score (nSPS) is 12.0. The van der Waals surface area contributed by atoms with Crippen LogP contribution in [0.15, 0.2) is 10.4 Å². The van der Waals surface area contributed by atoms with E-state index in [1.807, 2.05) is 0 Å². The van der Waals surface area contributed by atoms with Crippen molar-refractivity contribution in [3.8, 4) is 0 Å². The molecule has 1 rings (SSSR count). The smallest absolute Gasteiger partial charge is 0.191 e. The van der Waals surface area contributed by atoms with Crippen molar-refractivity contribution in [2.75, 3.05) is 19.6 Å². The van der Waals surface area contributed by atoms with Gasteiger partial charge in [-0.15, -0.1) is 35.3 Å². The lowest BCUT2D eigenvalue weighted by Crippen LogP contribution is -2.38. The number of nitrogens with one attached hydrogen (secondary N) is 2. The third kappa shape index (κ3) is 8.31. The second-order valence-corrected chi connectivity index (χ2v) is 7.11. The second-order valence-electron chi connectivity index (χ2n) is 6.17. The molecule has 0 bridgehead atoms. The predicted molar refractivity (Wildman–Crippen MR) is 109 cm³/mol. The van der Waals surface area contributed by atoms with Crippen molar-refractivity contribution in [3.63, 3.8) is 0 Å². The molecule has 6 heteroatoms. The first-order chi connectivity index (χ1) is 9.97. The second kappa shape index (κ2) is 11.2. The van der Waals surface area contributed by atoms with Crippen LogP contribution in [-0.4, -0.2) is 30.6 Å². The van der Waals surface area contributed by atoms with Crippen molar-refractivity contribution >= 4 is 41.3 Å². The highest BCUT2D eigenvalue weighted by molar-refractivity contribution is 14.0. The van der Waals surface area contributed by atoms with E-state index in [0.29, 0.717) is 0 Å². The lowest BCUT2D eigenvalue weighted by molar-refractivity contribution is 0.570. The summed E-state index contributed by atoms with van der Waals surface area (Å²) in [6.07, 6.45) is 3.26. The van der Waals surface area contributed by atoms with Crippen molar-refractivity contribution < 1.29 is 0 Å². The van der Waals surface area contributed by atoms with E-state index >= 15 is 0 Å². The maximum Gasteiger partial charge on any atom is 0.191 e. The Kier molecular flexibility index (Phi) is 11.0. The Labute approximate surface area is 156 Å². The van der Waals surface area contributed by atoms with E-state index in [-0.39, 0.29) is 29.4 Å². The third-order valence-electron chi connectivity index (χ3n) is 3.08. The van der Waals surface area contributed by atoms with Crippen LogP contribution in [0.5, 0.6) is 0 Å². The summed E-state index contributed by atoms with van der Waals surface area (Å²) in [4.78, 5) is 9.27. The average molecular weight is 438 g/mol. The molecule has 0 aliphatic carbocycles. The average Bonchev–Trinajstić information content (AvgIpc) is 2.88. The molecule has 1 heterocycles. The van der Waals surface area contributed by atoms with Crippen LogP contribution < -0.4 is 10.6 Å². The molecule has 0 spiro atoms. The minimum atomic E-state index is 0. The molecule has 1 aromatic rings. The number of guanidine groups is 1. The summed E-state index contributed by atoms with van der Waals surface area (Å²) in [5.41, 5.74) is 1.32. The van der Waals surface area contributed by atoms with Crippen LogP contribution in [0.3, 0.4) is 0 Å². The predicted octanol–water partition coefficient (Wildman–Crippen LogP) is 3.96. The number of halogens is 1. The number of hydrogen-bond donors (Lipinski definition) is 2. The molecule has 0 amide bonds. The van der Waals surface area contributed by atoms with Gasteiger partial charge in [-0.2, -0.15) is 0 Å². The number of hydrogen-bond acceptors (Lipinski definition) is 3. The van der Waals surface area contributed by atoms with Gasteiger partial charge in [0.2, 0.25) is 0 Å². The van der Waals surface area contributed by atoms with Gasteiger partial charge in [-0.25, -0.2) is 4.98 Å². The first-order valence-electron chi connectivity index (χ1n) is 7.94. The van der Waals surface area contributed by atoms with Crippen molar-refractivity contribution in [3.05, 3.63) is 16.1 Å². The van der Waals surface area contributed by atoms with Crippen molar-refractivity contribution in [2.24, 2.45) is 4.99 Å². The van der Waals surface area contributed by atoms with Crippen LogP contribution in [0.4, 0.5) is 0 Å². The largest absolute Gasteiger partial charge is 0.357 e. The standard InChI is InChI=1S/C16H30N4S.HI/c1-6-8-10-18-15(17-7-2)19-11-9-14-20-13(12-21-14)16(3,4)5;/h12H,6-11H2,1-5H3,(H2,17,18,19);1H. The highest BCUT2D eigenvalue weighted by atomic mass is 127. The first kappa shape index (κ1) is 21.6. The SMILES string of the molecule is CCCCN=C(NCC)NCCc1nc(C(C)(C)C)cs1.I. The fourth-order valence-corrected chi connectivity index (χ4v) is 2.77. The summed E-state index contributed by atoms with van der Waals surface area (Å²) in [5.74, 6) is 0.915. The molecule has 0 aromatic carbocycles. The number of unbranched alkanes of at least 4 members (excludes halogenated alkanes) is 1. The highest BCUT2D eigenvalue weighted by Crippen LogP contribution is 2.23. The summed E-state index contributed by atoms with van der Waals surface area (Å²) in [6.45, 7) is 13.5. The van der Waals surface area contributed by atoms with Crippen LogP contribution in [0, 0.1) is 0 Å². The molecule has 0 unspecified atom stereocenters. The monoisotopic (exact) mass is 438 g/mol. The van der Waals surface area contributed by atoms with Gasteiger partial charge in [0.1, 0.15) is 0 Å². The zero-order valence-electron chi connectivity index (χ0n) is 14.5. The van der Waals surface area contributed by atoms with Crippen molar-refractivity contribution in [1.82, 2.24) is 15.6 Å². The molecule has 0 radical (unpaired) electrons. The Morgan fingerprint density at radius 3 is 2.55 bits per heavy atom. The molecular formula is C16H31IN4S. The van der Waals surface area contributed by atoms with Gasteiger partial charge in [0, 0.05) is 36.9 Å². The molecule has 2 N–H and O–H groups in total. The third-order valence-corrected chi connectivity index (χ3v) is 3.99. The maximum absolute atomic E-state index is 4.72. The van der Waals surface area contributed by atoms with Gasteiger partial charge < -0.3 is 10.6 Å². The molecule has 128 valence electrons. The topological polar surface area (TPSA) is 49.3 Å². The number of rotatable bonds is 7. The van der Waals surface area contributed by atoms with Crippen LogP contribution in [0.25, 0.3) is 0 Å². The summed E-state index contributed by atoms with van der Waals surface area (Å²) >= 11 is 1.75. The van der Waals surface area contributed by atoms with Gasteiger partial charge in [0.25, 0.3) is 0 Å². The van der Waals surface area contributed by atoms with Crippen LogP contribution in [-0.2, 0) is 11.8 Å². The summed E-state index contributed by atoms with van der Waals surface area (Å²) in [5, 5.41) is 10.0. The van der Waals surface area contributed by atoms with Crippen LogP contribution in [0.1, 0.15) is 58.2 Å². The van der Waals surface area contributed by atoms with Gasteiger partial charge in [-0.3, -0.25) is 4.99 Å². The van der Waals surface area contributed by atoms with Gasteiger partial charge in [-0.05, 0) is 13.3 Å². The molecule has 0 saturated carbocycles. The Morgan fingerprint density at radius 1 is 1.27 bits per heavy atom. The summed E-state index contributed by atoms with van der Waals surface area (Å²) in [7, 11) is 0. The minimum absolute atomic E-state index is 0. The van der Waals surface area contributed by atoms with Crippen molar-refractivity contribution in [1.29, 1.82) is 0 Å². The Hall–Kier alpha value is -0.370. The lowest BCUT2D eigenvalue weighted by atomic mass is 9.93. The Balaban J connectivity index is 0.00000441. The van der Waals surface area contributed by atoms with E-state index in [9.17, 15) is 0 Å². The number of nitrogens with zero attached hydrogens (tertiary/aromatic N) is 2. The van der Waals surface area contributed by atoms with Crippen LogP contribution in [0.2, 0.25) is 0 Å². The number of thiazole rings is 1. The Morgan fingerprint density at radius 2 is 2.00 bits per heavy atom. The van der Waals surface area contributed by atoms with Gasteiger partial charge >= 0.3 is 0 Å². The maximum atomic E-state index is 4.72. The molecule has 0 atom stereocenters. The van der Waals surface area contributed by atoms with E-state index < -0.39 is 0 Å². The van der Waals surface area contributed by atoms with Gasteiger partial charge in [-0.1, -0.05) is 34.1 Å². The number of aromatic nitrogens is 1. The molecule has 22 heavy (non-hydrogen) atoms. The molecule has 0 aliphatic rings. The van der Waals surface area contributed by atoms with Crippen molar-refractivity contribution in [2.45, 2.75) is 59.3 Å². The Bertz CT molecular complexity index is 438. The molecule has 0 aliphatic heterocycles.